The molecule has 6 heteroatoms. The van der Waals surface area contributed by atoms with Crippen molar-refractivity contribution in [2.75, 3.05) is 18.4 Å². The molecule has 2 heterocycles. The zero-order valence-electron chi connectivity index (χ0n) is 20.0. The lowest BCUT2D eigenvalue weighted by molar-refractivity contribution is 0.444. The quantitative estimate of drug-likeness (QED) is 0.335. The van der Waals surface area contributed by atoms with Crippen LogP contribution in [0.3, 0.4) is 0 Å². The van der Waals surface area contributed by atoms with Crippen molar-refractivity contribution >= 4 is 29.0 Å². The molecule has 0 saturated carbocycles. The highest BCUT2D eigenvalue weighted by Gasteiger charge is 2.20. The van der Waals surface area contributed by atoms with Gasteiger partial charge in [-0.2, -0.15) is 0 Å². The van der Waals surface area contributed by atoms with Crippen molar-refractivity contribution in [3.63, 3.8) is 0 Å². The smallest absolute Gasteiger partial charge is 0.248 e. The lowest BCUT2D eigenvalue weighted by atomic mass is 9.91. The van der Waals surface area contributed by atoms with Crippen molar-refractivity contribution in [3.8, 4) is 0 Å². The van der Waals surface area contributed by atoms with Crippen LogP contribution in [0, 0.1) is 0 Å². The third kappa shape index (κ3) is 5.64. The molecule has 182 valence electrons. The van der Waals surface area contributed by atoms with Gasteiger partial charge in [-0.3, -0.25) is 9.78 Å². The summed E-state index contributed by atoms with van der Waals surface area (Å²) in [7, 11) is 0. The van der Waals surface area contributed by atoms with E-state index in [9.17, 15) is 4.79 Å². The number of hydrogen-bond acceptors (Lipinski definition) is 4. The largest absolute Gasteiger partial charge is 0.384 e. The molecule has 2 aromatic heterocycles. The summed E-state index contributed by atoms with van der Waals surface area (Å²) in [6.45, 7) is 2.07. The highest BCUT2D eigenvalue weighted by atomic mass is 35.5. The van der Waals surface area contributed by atoms with Crippen LogP contribution in [0.4, 0.5) is 5.69 Å². The molecule has 2 aliphatic carbocycles. The van der Waals surface area contributed by atoms with Gasteiger partial charge in [-0.25, -0.2) is 0 Å². The Hall–Kier alpha value is -2.37. The highest BCUT2D eigenvalue weighted by molar-refractivity contribution is 5.93. The molecule has 3 aromatic rings. The van der Waals surface area contributed by atoms with Gasteiger partial charge in [-0.15, -0.1) is 12.4 Å². The summed E-state index contributed by atoms with van der Waals surface area (Å²) in [4.78, 5) is 19.5. The molecule has 2 aliphatic rings. The average Bonchev–Trinajstić information content (AvgIpc) is 2.84. The third-order valence-electron chi connectivity index (χ3n) is 7.30. The van der Waals surface area contributed by atoms with Crippen molar-refractivity contribution in [1.29, 1.82) is 0 Å². The number of aryl methyl sites for hydroxylation is 2. The summed E-state index contributed by atoms with van der Waals surface area (Å²) in [5, 5.41) is 8.79. The summed E-state index contributed by atoms with van der Waals surface area (Å²) in [5.41, 5.74) is 7.66. The normalized spacial score (nSPS) is 17.0. The van der Waals surface area contributed by atoms with E-state index in [1.807, 2.05) is 6.07 Å². The fourth-order valence-corrected chi connectivity index (χ4v) is 5.58. The minimum Gasteiger partial charge on any atom is -0.384 e. The number of H-pyrrole nitrogens is 1. The summed E-state index contributed by atoms with van der Waals surface area (Å²) >= 11 is 0. The molecule has 0 bridgehead atoms. The standard InChI is InChI=1S/C28H36N4O.ClH/c33-27-17-16-20-23(14-9-15-24(20)32-27)29-18-7-1-2-8-19-30-28-21-10-3-5-12-25(21)31-26-13-6-4-11-22(26)28;/h3,5,10,12,16-17,23,29H,1-2,4,6-9,11,13-15,18-19H2,(H,30,31)(H,32,33);1H. The monoisotopic (exact) mass is 480 g/mol. The molecule has 5 nitrogen and oxygen atoms in total. The van der Waals surface area contributed by atoms with E-state index in [2.05, 4.69) is 39.9 Å². The minimum atomic E-state index is 0. The molecule has 0 radical (unpaired) electrons. The van der Waals surface area contributed by atoms with Crippen molar-refractivity contribution < 1.29 is 0 Å². The fourth-order valence-electron chi connectivity index (χ4n) is 5.58. The van der Waals surface area contributed by atoms with Crippen LogP contribution in [-0.2, 0) is 19.3 Å². The molecule has 3 N–H and O–H groups in total. The number of hydrogen-bond donors (Lipinski definition) is 3. The van der Waals surface area contributed by atoms with Gasteiger partial charge in [0.15, 0.2) is 0 Å². The lowest BCUT2D eigenvalue weighted by Gasteiger charge is -2.26. The topological polar surface area (TPSA) is 69.8 Å². The molecule has 0 aliphatic heterocycles. The Morgan fingerprint density at radius 2 is 1.74 bits per heavy atom. The van der Waals surface area contributed by atoms with Gasteiger partial charge in [-0.1, -0.05) is 37.1 Å². The van der Waals surface area contributed by atoms with E-state index in [0.717, 1.165) is 56.4 Å². The average molecular weight is 481 g/mol. The van der Waals surface area contributed by atoms with E-state index in [-0.39, 0.29) is 18.0 Å². The van der Waals surface area contributed by atoms with Gasteiger partial charge in [0.2, 0.25) is 5.56 Å². The SMILES string of the molecule is Cl.O=c1ccc2c([nH]1)CCCC2NCCCCCCNc1c2c(nc3ccccc13)CCCC2. The number of anilines is 1. The van der Waals surface area contributed by atoms with Crippen molar-refractivity contribution in [1.82, 2.24) is 15.3 Å². The maximum absolute atomic E-state index is 11.6. The number of nitrogens with zero attached hydrogens (tertiary/aromatic N) is 1. The first-order chi connectivity index (χ1) is 16.3. The van der Waals surface area contributed by atoms with Gasteiger partial charge in [0.05, 0.1) is 5.52 Å². The number of nitrogens with one attached hydrogen (secondary N) is 3. The molecule has 1 atom stereocenters. The van der Waals surface area contributed by atoms with E-state index in [4.69, 9.17) is 4.98 Å². The predicted octanol–water partition coefficient (Wildman–Crippen LogP) is 5.86. The molecule has 1 unspecified atom stereocenters. The second kappa shape index (κ2) is 11.9. The number of pyridine rings is 2. The number of halogens is 1. The lowest BCUT2D eigenvalue weighted by Crippen LogP contribution is -2.28. The highest BCUT2D eigenvalue weighted by Crippen LogP contribution is 2.33. The summed E-state index contributed by atoms with van der Waals surface area (Å²) in [5.74, 6) is 0. The van der Waals surface area contributed by atoms with E-state index in [0.29, 0.717) is 6.04 Å². The van der Waals surface area contributed by atoms with Gasteiger partial charge in [0, 0.05) is 41.1 Å². The maximum Gasteiger partial charge on any atom is 0.248 e. The second-order valence-electron chi connectivity index (χ2n) is 9.63. The van der Waals surface area contributed by atoms with Crippen LogP contribution in [0.15, 0.2) is 41.2 Å². The van der Waals surface area contributed by atoms with Crippen LogP contribution in [-0.4, -0.2) is 23.1 Å². The number of aromatic amines is 1. The number of rotatable bonds is 9. The van der Waals surface area contributed by atoms with Crippen LogP contribution in [0.1, 0.15) is 79.9 Å². The van der Waals surface area contributed by atoms with Crippen LogP contribution >= 0.6 is 12.4 Å². The first kappa shape index (κ1) is 24.7. The van der Waals surface area contributed by atoms with E-state index < -0.39 is 0 Å². The van der Waals surface area contributed by atoms with E-state index >= 15 is 0 Å². The third-order valence-corrected chi connectivity index (χ3v) is 7.30. The number of unbranched alkanes of at least 4 members (excludes halogenated alkanes) is 3. The minimum absolute atomic E-state index is 0. The Balaban J connectivity index is 0.00000274. The van der Waals surface area contributed by atoms with Gasteiger partial charge in [0.1, 0.15) is 0 Å². The molecule has 5 rings (SSSR count). The molecular formula is C28H37ClN4O. The fraction of sp³-hybridized carbons (Fsp3) is 0.500. The van der Waals surface area contributed by atoms with Gasteiger partial charge in [0.25, 0.3) is 0 Å². The number of fused-ring (bicyclic) bond motifs is 3. The molecule has 0 fully saturated rings. The zero-order chi connectivity index (χ0) is 22.5. The summed E-state index contributed by atoms with van der Waals surface area (Å²) in [6.07, 6.45) is 13.0. The first-order valence-corrected chi connectivity index (χ1v) is 12.9. The Labute approximate surface area is 208 Å². The number of para-hydroxylation sites is 1. The van der Waals surface area contributed by atoms with E-state index in [1.54, 1.807) is 6.07 Å². The van der Waals surface area contributed by atoms with Crippen molar-refractivity contribution in [2.24, 2.45) is 0 Å². The Morgan fingerprint density at radius 1 is 0.912 bits per heavy atom. The number of aromatic nitrogens is 2. The Kier molecular flexibility index (Phi) is 8.63. The van der Waals surface area contributed by atoms with Crippen LogP contribution in [0.2, 0.25) is 0 Å². The second-order valence-corrected chi connectivity index (χ2v) is 9.63. The predicted molar refractivity (Wildman–Crippen MR) is 143 cm³/mol. The van der Waals surface area contributed by atoms with Gasteiger partial charge < -0.3 is 15.6 Å². The van der Waals surface area contributed by atoms with Gasteiger partial charge in [-0.05, 0) is 81.5 Å². The molecule has 1 aromatic carbocycles. The zero-order valence-corrected chi connectivity index (χ0v) is 20.8. The molecule has 0 spiro atoms. The first-order valence-electron chi connectivity index (χ1n) is 12.9. The molecule has 34 heavy (non-hydrogen) atoms. The van der Waals surface area contributed by atoms with E-state index in [1.165, 1.54) is 66.4 Å². The summed E-state index contributed by atoms with van der Waals surface area (Å²) in [6, 6.07) is 12.6. The van der Waals surface area contributed by atoms with Crippen LogP contribution < -0.4 is 16.2 Å². The number of benzene rings is 1. The van der Waals surface area contributed by atoms with Crippen molar-refractivity contribution in [3.05, 3.63) is 69.3 Å². The molecular weight excluding hydrogens is 444 g/mol. The van der Waals surface area contributed by atoms with Crippen LogP contribution in [0.5, 0.6) is 0 Å². The summed E-state index contributed by atoms with van der Waals surface area (Å²) < 4.78 is 0. The Bertz CT molecular complexity index is 1160. The van der Waals surface area contributed by atoms with Gasteiger partial charge >= 0.3 is 0 Å². The Morgan fingerprint density at radius 3 is 2.65 bits per heavy atom. The molecule has 0 saturated heterocycles. The van der Waals surface area contributed by atoms with Crippen LogP contribution in [0.25, 0.3) is 10.9 Å². The van der Waals surface area contributed by atoms with Crippen molar-refractivity contribution in [2.45, 2.75) is 76.7 Å². The maximum atomic E-state index is 11.6. The molecule has 0 amide bonds.